The molecule has 1 aromatic carbocycles. The summed E-state index contributed by atoms with van der Waals surface area (Å²) in [6.45, 7) is 4.85. The summed E-state index contributed by atoms with van der Waals surface area (Å²) in [5, 5.41) is 16.9. The molecule has 2 aromatic heterocycles. The molecule has 0 bridgehead atoms. The third-order valence-corrected chi connectivity index (χ3v) is 7.48. The number of nitrogens with zero attached hydrogens (tertiary/aromatic N) is 5. The molecular formula is C23H29N7O4S. The van der Waals surface area contributed by atoms with Crippen molar-refractivity contribution in [3.63, 3.8) is 0 Å². The molecule has 12 heteroatoms. The van der Waals surface area contributed by atoms with Crippen LogP contribution in [0.4, 0.5) is 5.69 Å². The summed E-state index contributed by atoms with van der Waals surface area (Å²) < 4.78 is 37.6. The van der Waals surface area contributed by atoms with Gasteiger partial charge in [0, 0.05) is 36.3 Å². The Morgan fingerprint density at radius 1 is 1.31 bits per heavy atom. The third kappa shape index (κ3) is 4.32. The first-order valence-corrected chi connectivity index (χ1v) is 13.0. The number of piperidine rings is 1. The Hall–Kier alpha value is -3.22. The molecule has 0 spiro atoms. The van der Waals surface area contributed by atoms with Crippen molar-refractivity contribution < 1.29 is 18.3 Å². The molecule has 4 N–H and O–H groups in total. The third-order valence-electron chi connectivity index (χ3n) is 6.56. The average molecular weight is 500 g/mol. The summed E-state index contributed by atoms with van der Waals surface area (Å²) in [6.07, 6.45) is 1.99. The number of amidine groups is 1. The Labute approximate surface area is 203 Å². The van der Waals surface area contributed by atoms with Gasteiger partial charge in [0.25, 0.3) is 0 Å². The number of hydrogen-bond acceptors (Lipinski definition) is 8. The van der Waals surface area contributed by atoms with Gasteiger partial charge in [0.05, 0.1) is 16.9 Å². The number of aliphatic hydroxyl groups excluding tert-OH is 1. The van der Waals surface area contributed by atoms with Crippen LogP contribution in [0.15, 0.2) is 28.7 Å². The number of aryl methyl sites for hydroxylation is 3. The van der Waals surface area contributed by atoms with Gasteiger partial charge in [-0.05, 0) is 44.9 Å². The zero-order chi connectivity index (χ0) is 24.9. The normalized spacial score (nSPS) is 20.7. The molecule has 2 atom stereocenters. The molecule has 35 heavy (non-hydrogen) atoms. The lowest BCUT2D eigenvalue weighted by Crippen LogP contribution is -2.45. The molecule has 5 rings (SSSR count). The Morgan fingerprint density at radius 3 is 2.91 bits per heavy atom. The summed E-state index contributed by atoms with van der Waals surface area (Å²) in [7, 11) is -2.02. The minimum Gasteiger partial charge on any atom is -0.491 e. The van der Waals surface area contributed by atoms with Gasteiger partial charge in [-0.15, -0.1) is 4.40 Å². The average Bonchev–Trinajstić information content (AvgIpc) is 3.08. The van der Waals surface area contributed by atoms with E-state index in [4.69, 9.17) is 10.5 Å². The summed E-state index contributed by atoms with van der Waals surface area (Å²) in [5.41, 5.74) is 9.87. The lowest BCUT2D eigenvalue weighted by molar-refractivity contribution is -0.0534. The first kappa shape index (κ1) is 23.5. The van der Waals surface area contributed by atoms with Crippen LogP contribution in [0.5, 0.6) is 5.75 Å². The van der Waals surface area contributed by atoms with Crippen molar-refractivity contribution >= 4 is 32.8 Å². The van der Waals surface area contributed by atoms with Crippen molar-refractivity contribution in [3.8, 4) is 5.75 Å². The van der Waals surface area contributed by atoms with Gasteiger partial charge >= 0.3 is 10.2 Å². The lowest BCUT2D eigenvalue weighted by Gasteiger charge is -2.39. The van der Waals surface area contributed by atoms with E-state index < -0.39 is 16.4 Å². The second-order valence-electron chi connectivity index (χ2n) is 9.06. The lowest BCUT2D eigenvalue weighted by atomic mass is 9.99. The van der Waals surface area contributed by atoms with E-state index in [1.165, 1.54) is 0 Å². The number of rotatable bonds is 5. The zero-order valence-corrected chi connectivity index (χ0v) is 20.7. The summed E-state index contributed by atoms with van der Waals surface area (Å²) in [5.74, 6) is 0.327. The van der Waals surface area contributed by atoms with Crippen LogP contribution in [0, 0.1) is 13.8 Å². The fourth-order valence-electron chi connectivity index (χ4n) is 5.04. The highest BCUT2D eigenvalue weighted by Crippen LogP contribution is 2.34. The maximum absolute atomic E-state index is 11.9. The van der Waals surface area contributed by atoms with Crippen LogP contribution in [0.2, 0.25) is 0 Å². The standard InChI is InChI=1S/C23H29N7O4S/c1-13-11-16(19-14(2)26-29(3)22(19)25-13)23(31)30-10-5-4-7-15(30)12-34-18-9-6-8-17-20(18)21(24)28-35(32,33)27-17/h6,8-9,11,15,23,27,31H,4-5,7,10,12H2,1-3H3,(H2,24,28)/t15-,23?/m1/s1. The molecule has 3 aromatic rings. The van der Waals surface area contributed by atoms with Crippen LogP contribution >= 0.6 is 0 Å². The number of likely N-dealkylation sites (tertiary alicyclic amines) is 1. The van der Waals surface area contributed by atoms with E-state index in [0.29, 0.717) is 30.2 Å². The molecule has 4 heterocycles. The van der Waals surface area contributed by atoms with Gasteiger partial charge < -0.3 is 15.6 Å². The molecule has 2 aliphatic rings. The van der Waals surface area contributed by atoms with Gasteiger partial charge in [-0.1, -0.05) is 12.5 Å². The Kier molecular flexibility index (Phi) is 5.90. The minimum absolute atomic E-state index is 0.0615. The van der Waals surface area contributed by atoms with E-state index >= 15 is 0 Å². The van der Waals surface area contributed by atoms with E-state index in [-0.39, 0.29) is 11.9 Å². The maximum Gasteiger partial charge on any atom is 0.344 e. The van der Waals surface area contributed by atoms with Crippen LogP contribution in [0.25, 0.3) is 11.0 Å². The molecule has 11 nitrogen and oxygen atoms in total. The molecule has 1 saturated heterocycles. The summed E-state index contributed by atoms with van der Waals surface area (Å²) in [4.78, 5) is 6.67. The second kappa shape index (κ2) is 8.77. The smallest absolute Gasteiger partial charge is 0.344 e. The number of aliphatic hydroxyl groups is 1. The molecule has 186 valence electrons. The van der Waals surface area contributed by atoms with E-state index in [1.807, 2.05) is 27.0 Å². The Morgan fingerprint density at radius 2 is 2.11 bits per heavy atom. The molecule has 1 unspecified atom stereocenters. The quantitative estimate of drug-likeness (QED) is 0.482. The van der Waals surface area contributed by atoms with Crippen LogP contribution in [0.1, 0.15) is 48.0 Å². The first-order chi connectivity index (χ1) is 16.6. The molecule has 0 saturated carbocycles. The highest BCUT2D eigenvalue weighted by molar-refractivity contribution is 7.91. The van der Waals surface area contributed by atoms with E-state index in [1.54, 1.807) is 22.9 Å². The topological polar surface area (TPSA) is 148 Å². The van der Waals surface area contributed by atoms with Crippen molar-refractivity contribution in [2.75, 3.05) is 17.9 Å². The molecule has 1 fully saturated rings. The Balaban J connectivity index is 1.42. The highest BCUT2D eigenvalue weighted by atomic mass is 32.2. The van der Waals surface area contributed by atoms with Crippen LogP contribution < -0.4 is 15.2 Å². The SMILES string of the molecule is Cc1cc(C(O)N2CCCC[C@@H]2COc2cccc3c2C(N)=NS(=O)(=O)N3)c2c(C)nn(C)c2n1. The summed E-state index contributed by atoms with van der Waals surface area (Å²) >= 11 is 0. The zero-order valence-electron chi connectivity index (χ0n) is 19.9. The van der Waals surface area contributed by atoms with Gasteiger partial charge in [0.15, 0.2) is 11.5 Å². The predicted molar refractivity (Wildman–Crippen MR) is 132 cm³/mol. The van der Waals surface area contributed by atoms with E-state index in [0.717, 1.165) is 47.2 Å². The van der Waals surface area contributed by atoms with Gasteiger partial charge in [-0.25, -0.2) is 4.98 Å². The monoisotopic (exact) mass is 499 g/mol. The number of nitrogens with two attached hydrogens (primary N) is 1. The maximum atomic E-state index is 11.9. The summed E-state index contributed by atoms with van der Waals surface area (Å²) in [6, 6.07) is 6.91. The number of pyridine rings is 1. The number of ether oxygens (including phenoxy) is 1. The minimum atomic E-state index is -3.87. The molecule has 0 amide bonds. The molecule has 0 aliphatic carbocycles. The van der Waals surface area contributed by atoms with Gasteiger partial charge in [0.1, 0.15) is 18.6 Å². The molecule has 0 radical (unpaired) electrons. The first-order valence-electron chi connectivity index (χ1n) is 11.5. The van der Waals surface area contributed by atoms with Crippen LogP contribution in [0.3, 0.4) is 0 Å². The van der Waals surface area contributed by atoms with Crippen LogP contribution in [-0.2, 0) is 17.3 Å². The molecular weight excluding hydrogens is 470 g/mol. The number of anilines is 1. The van der Waals surface area contributed by atoms with Crippen molar-refractivity contribution in [2.24, 2.45) is 17.2 Å². The van der Waals surface area contributed by atoms with E-state index in [2.05, 4.69) is 24.1 Å². The molecule has 2 aliphatic heterocycles. The van der Waals surface area contributed by atoms with Crippen molar-refractivity contribution in [1.29, 1.82) is 0 Å². The number of benzene rings is 1. The highest BCUT2D eigenvalue weighted by Gasteiger charge is 2.32. The number of nitrogens with one attached hydrogen (secondary N) is 1. The fraction of sp³-hybridized carbons (Fsp3) is 0.435. The van der Waals surface area contributed by atoms with Gasteiger partial charge in [0.2, 0.25) is 0 Å². The van der Waals surface area contributed by atoms with E-state index in [9.17, 15) is 13.5 Å². The van der Waals surface area contributed by atoms with Crippen molar-refractivity contribution in [3.05, 3.63) is 46.8 Å². The number of hydrogen-bond donors (Lipinski definition) is 3. The Bertz CT molecular complexity index is 1430. The van der Waals surface area contributed by atoms with Gasteiger partial charge in [-0.3, -0.25) is 14.3 Å². The number of aromatic nitrogens is 3. The largest absolute Gasteiger partial charge is 0.491 e. The van der Waals surface area contributed by atoms with Crippen molar-refractivity contribution in [2.45, 2.75) is 45.4 Å². The number of fused-ring (bicyclic) bond motifs is 2. The second-order valence-corrected chi connectivity index (χ2v) is 10.4. The van der Waals surface area contributed by atoms with Gasteiger partial charge in [-0.2, -0.15) is 13.5 Å². The van der Waals surface area contributed by atoms with Crippen molar-refractivity contribution in [1.82, 2.24) is 19.7 Å². The predicted octanol–water partition coefficient (Wildman–Crippen LogP) is 1.89. The fourth-order valence-corrected chi connectivity index (χ4v) is 5.88. The van der Waals surface area contributed by atoms with Crippen LogP contribution in [-0.4, -0.2) is 58.2 Å².